The van der Waals surface area contributed by atoms with Gasteiger partial charge in [0, 0.05) is 5.75 Å². The maximum absolute atomic E-state index is 12.9. The Kier molecular flexibility index (Phi) is 5.44. The van der Waals surface area contributed by atoms with Gasteiger partial charge >= 0.3 is 6.18 Å². The zero-order valence-corrected chi connectivity index (χ0v) is 16.4. The molecule has 0 saturated carbocycles. The van der Waals surface area contributed by atoms with Crippen molar-refractivity contribution >= 4 is 23.8 Å². The number of methoxy groups -OCH3 is 1. The highest BCUT2D eigenvalue weighted by atomic mass is 32.2. The first kappa shape index (κ1) is 20.0. The molecular weight excluding hydrogens is 417 g/mol. The zero-order chi connectivity index (χ0) is 21.1. The summed E-state index contributed by atoms with van der Waals surface area (Å²) in [6.45, 7) is 0. The second kappa shape index (κ2) is 8.19. The highest BCUT2D eigenvalue weighted by molar-refractivity contribution is 7.98. The van der Waals surface area contributed by atoms with Crippen molar-refractivity contribution in [2.24, 2.45) is 5.10 Å². The molecule has 7 nitrogen and oxygen atoms in total. The minimum atomic E-state index is -4.37. The van der Waals surface area contributed by atoms with Crippen LogP contribution in [0.25, 0.3) is 5.78 Å². The number of nitrogens with zero attached hydrogens (tertiary/aromatic N) is 6. The lowest BCUT2D eigenvalue weighted by atomic mass is 10.1. The Morgan fingerprint density at radius 3 is 2.67 bits per heavy atom. The molecule has 4 rings (SSSR count). The molecule has 0 saturated heterocycles. The number of alkyl halides is 3. The van der Waals surface area contributed by atoms with Crippen LogP contribution in [-0.2, 0) is 11.9 Å². The van der Waals surface area contributed by atoms with Gasteiger partial charge in [-0.25, -0.2) is 0 Å². The van der Waals surface area contributed by atoms with Crippen LogP contribution in [0.3, 0.4) is 0 Å². The molecule has 0 N–H and O–H groups in total. The number of thioether (sulfide) groups is 1. The van der Waals surface area contributed by atoms with Crippen LogP contribution in [0.5, 0.6) is 5.75 Å². The summed E-state index contributed by atoms with van der Waals surface area (Å²) in [4.78, 5) is 0. The lowest BCUT2D eigenvalue weighted by molar-refractivity contribution is -0.137. The van der Waals surface area contributed by atoms with Crippen molar-refractivity contribution in [3.05, 3.63) is 71.5 Å². The third-order valence-corrected chi connectivity index (χ3v) is 5.14. The monoisotopic (exact) mass is 432 g/mol. The smallest absolute Gasteiger partial charge is 0.416 e. The summed E-state index contributed by atoms with van der Waals surface area (Å²) in [5.74, 6) is 1.44. The minimum Gasteiger partial charge on any atom is -0.497 e. The van der Waals surface area contributed by atoms with Gasteiger partial charge in [-0.05, 0) is 41.5 Å². The van der Waals surface area contributed by atoms with E-state index in [-0.39, 0.29) is 0 Å². The topological polar surface area (TPSA) is 69.6 Å². The first-order chi connectivity index (χ1) is 14.4. The Hall–Kier alpha value is -3.34. The van der Waals surface area contributed by atoms with Crippen molar-refractivity contribution in [2.45, 2.75) is 17.1 Å². The summed E-state index contributed by atoms with van der Waals surface area (Å²) in [6.07, 6.45) is -1.24. The van der Waals surface area contributed by atoms with Gasteiger partial charge in [0.2, 0.25) is 5.16 Å². The summed E-state index contributed by atoms with van der Waals surface area (Å²) >= 11 is 1.24. The first-order valence-electron chi connectivity index (χ1n) is 8.70. The number of aromatic nitrogens is 5. The largest absolute Gasteiger partial charge is 0.497 e. The second-order valence-corrected chi connectivity index (χ2v) is 7.12. The van der Waals surface area contributed by atoms with Crippen molar-refractivity contribution in [3.8, 4) is 5.75 Å². The van der Waals surface area contributed by atoms with Crippen molar-refractivity contribution in [2.75, 3.05) is 7.11 Å². The molecule has 2 aromatic carbocycles. The molecule has 2 heterocycles. The quantitative estimate of drug-likeness (QED) is 0.339. The summed E-state index contributed by atoms with van der Waals surface area (Å²) < 4.78 is 46.7. The van der Waals surface area contributed by atoms with Gasteiger partial charge in [-0.15, -0.1) is 10.2 Å². The van der Waals surface area contributed by atoms with Gasteiger partial charge in [0.25, 0.3) is 5.78 Å². The van der Waals surface area contributed by atoms with Crippen LogP contribution >= 0.6 is 11.8 Å². The fourth-order valence-electron chi connectivity index (χ4n) is 2.63. The Balaban J connectivity index is 1.48. The molecule has 0 aliphatic heterocycles. The van der Waals surface area contributed by atoms with Crippen LogP contribution < -0.4 is 4.74 Å². The van der Waals surface area contributed by atoms with Gasteiger partial charge in [-0.2, -0.15) is 32.6 Å². The van der Waals surface area contributed by atoms with E-state index < -0.39 is 11.7 Å². The molecule has 0 aliphatic rings. The van der Waals surface area contributed by atoms with E-state index in [0.29, 0.717) is 22.3 Å². The molecule has 0 fully saturated rings. The second-order valence-electron chi connectivity index (χ2n) is 6.17. The standard InChI is InChI=1S/C19H15F3N6OS/c1-29-16-7-5-13(6-8-16)10-23-27-12-24-28-17(27)25-26-18(28)30-11-14-3-2-4-15(9-14)19(20,21)22/h2-10,12H,11H2,1H3/b23-10+. The van der Waals surface area contributed by atoms with Crippen LogP contribution in [0.1, 0.15) is 16.7 Å². The third-order valence-electron chi connectivity index (χ3n) is 4.15. The molecule has 0 spiro atoms. The summed E-state index contributed by atoms with van der Waals surface area (Å²) in [7, 11) is 1.60. The average molecular weight is 432 g/mol. The Labute approximate surface area is 173 Å². The molecule has 11 heteroatoms. The number of rotatable bonds is 6. The van der Waals surface area contributed by atoms with Gasteiger partial charge in [-0.1, -0.05) is 30.0 Å². The van der Waals surface area contributed by atoms with E-state index in [1.807, 2.05) is 24.3 Å². The lowest BCUT2D eigenvalue weighted by Crippen LogP contribution is -2.04. The normalized spacial score (nSPS) is 12.1. The maximum Gasteiger partial charge on any atom is 0.416 e. The van der Waals surface area contributed by atoms with E-state index >= 15 is 0 Å². The number of hydrogen-bond donors (Lipinski definition) is 0. The molecule has 2 aromatic heterocycles. The maximum atomic E-state index is 12.9. The SMILES string of the molecule is COc1ccc(/C=N/n2cnn3c(SCc4cccc(C(F)(F)F)c4)nnc23)cc1. The van der Waals surface area contributed by atoms with Crippen molar-refractivity contribution < 1.29 is 17.9 Å². The Bertz CT molecular complexity index is 1180. The first-order valence-corrected chi connectivity index (χ1v) is 9.69. The van der Waals surface area contributed by atoms with Crippen molar-refractivity contribution in [1.82, 2.24) is 24.5 Å². The van der Waals surface area contributed by atoms with Crippen LogP contribution in [0, 0.1) is 0 Å². The van der Waals surface area contributed by atoms with Crippen LogP contribution in [0.4, 0.5) is 13.2 Å². The van der Waals surface area contributed by atoms with Crippen molar-refractivity contribution in [1.29, 1.82) is 0 Å². The molecule has 154 valence electrons. The van der Waals surface area contributed by atoms with Crippen LogP contribution in [0.15, 0.2) is 65.1 Å². The predicted molar refractivity (Wildman–Crippen MR) is 106 cm³/mol. The molecule has 30 heavy (non-hydrogen) atoms. The van der Waals surface area contributed by atoms with Gasteiger partial charge in [0.05, 0.1) is 18.9 Å². The lowest BCUT2D eigenvalue weighted by Gasteiger charge is -2.07. The zero-order valence-electron chi connectivity index (χ0n) is 15.6. The van der Waals surface area contributed by atoms with Gasteiger partial charge in [0.1, 0.15) is 12.1 Å². The molecule has 0 atom stereocenters. The van der Waals surface area contributed by atoms with Crippen LogP contribution in [-0.4, -0.2) is 37.8 Å². The minimum absolute atomic E-state index is 0.298. The number of hydrogen-bond acceptors (Lipinski definition) is 6. The molecule has 0 bridgehead atoms. The fraction of sp³-hybridized carbons (Fsp3) is 0.158. The Morgan fingerprint density at radius 2 is 1.93 bits per heavy atom. The summed E-state index contributed by atoms with van der Waals surface area (Å²) in [5, 5.41) is 17.1. The molecule has 0 radical (unpaired) electrons. The fourth-order valence-corrected chi connectivity index (χ4v) is 3.45. The van der Waals surface area contributed by atoms with E-state index in [1.165, 1.54) is 33.3 Å². The van der Waals surface area contributed by atoms with E-state index in [1.54, 1.807) is 19.4 Å². The summed E-state index contributed by atoms with van der Waals surface area (Å²) in [5.41, 5.74) is 0.717. The highest BCUT2D eigenvalue weighted by Gasteiger charge is 2.30. The molecule has 0 unspecified atom stereocenters. The van der Waals surface area contributed by atoms with E-state index in [0.717, 1.165) is 23.4 Å². The molecule has 0 amide bonds. The van der Waals surface area contributed by atoms with Crippen molar-refractivity contribution in [3.63, 3.8) is 0 Å². The molecule has 0 aliphatic carbocycles. The number of benzene rings is 2. The van der Waals surface area contributed by atoms with E-state index in [4.69, 9.17) is 4.74 Å². The van der Waals surface area contributed by atoms with E-state index in [2.05, 4.69) is 20.4 Å². The van der Waals surface area contributed by atoms with Gasteiger partial charge in [-0.3, -0.25) is 0 Å². The number of halogens is 3. The van der Waals surface area contributed by atoms with E-state index in [9.17, 15) is 13.2 Å². The number of ether oxygens (including phenoxy) is 1. The van der Waals surface area contributed by atoms with Crippen LogP contribution in [0.2, 0.25) is 0 Å². The average Bonchev–Trinajstić information content (AvgIpc) is 3.33. The molecular formula is C19H15F3N6OS. The number of fused-ring (bicyclic) bond motifs is 1. The third kappa shape index (κ3) is 4.30. The Morgan fingerprint density at radius 1 is 1.13 bits per heavy atom. The van der Waals surface area contributed by atoms with Gasteiger partial charge < -0.3 is 4.74 Å². The summed E-state index contributed by atoms with van der Waals surface area (Å²) in [6, 6.07) is 12.6. The highest BCUT2D eigenvalue weighted by Crippen LogP contribution is 2.31. The predicted octanol–water partition coefficient (Wildman–Crippen LogP) is 4.13. The molecule has 4 aromatic rings. The van der Waals surface area contributed by atoms with Gasteiger partial charge in [0.15, 0.2) is 0 Å².